The molecule has 0 aromatic heterocycles. The molecule has 0 bridgehead atoms. The Morgan fingerprint density at radius 3 is 0.864 bits per heavy atom. The van der Waals surface area contributed by atoms with Gasteiger partial charge in [-0.05, 0) is 0 Å². The topological polar surface area (TPSA) is 0 Å². The highest BCUT2D eigenvalue weighted by Crippen LogP contribution is 2.63. The Labute approximate surface area is 147 Å². The third-order valence-corrected chi connectivity index (χ3v) is 5.30. The van der Waals surface area contributed by atoms with Crippen LogP contribution in [0.1, 0.15) is 0 Å². The first-order valence-corrected chi connectivity index (χ1v) is 6.66. The largest absolute Gasteiger partial charge is 0.324 e. The van der Waals surface area contributed by atoms with Crippen molar-refractivity contribution in [3.8, 4) is 0 Å². The molecule has 0 saturated carbocycles. The Bertz CT molecular complexity index is 457. The van der Waals surface area contributed by atoms with Gasteiger partial charge in [-0.1, -0.05) is 69.6 Å². The fourth-order valence-electron chi connectivity index (χ4n) is 0.907. The van der Waals surface area contributed by atoms with Crippen molar-refractivity contribution < 1.29 is 35.1 Å². The predicted octanol–water partition coefficient (Wildman–Crippen LogP) is 7.30. The van der Waals surface area contributed by atoms with Gasteiger partial charge in [0.15, 0.2) is 10.1 Å². The molecule has 0 fully saturated rings. The summed E-state index contributed by atoms with van der Waals surface area (Å²) in [7, 11) is 0. The van der Waals surface area contributed by atoms with E-state index in [0.29, 0.717) is 0 Å². The zero-order valence-electron chi connectivity index (χ0n) is 9.29. The molecule has 0 nitrogen and oxygen atoms in total. The second-order valence-electron chi connectivity index (χ2n) is 3.45. The number of hydrogen-bond donors (Lipinski definition) is 0. The van der Waals surface area contributed by atoms with Crippen molar-refractivity contribution in [1.29, 1.82) is 0 Å². The predicted molar refractivity (Wildman–Crippen MR) is 69.0 cm³/mol. The third kappa shape index (κ3) is 3.52. The van der Waals surface area contributed by atoms with Crippen molar-refractivity contribution in [1.82, 2.24) is 0 Å². The molecule has 0 unspecified atom stereocenters. The van der Waals surface area contributed by atoms with E-state index in [9.17, 15) is 35.1 Å². The maximum absolute atomic E-state index is 13.7. The second kappa shape index (κ2) is 6.88. The normalized spacial score (nSPS) is 13.9. The SMILES string of the molecule is FC(F)=C(Cl)C(F)(F)C(Cl)(Cl)C(Cl)(Cl)C(F)(F)C(Cl)=C(F)F. The van der Waals surface area contributed by atoms with E-state index < -0.39 is 42.7 Å². The number of alkyl halides is 8. The van der Waals surface area contributed by atoms with Crippen LogP contribution in [0.15, 0.2) is 22.2 Å². The van der Waals surface area contributed by atoms with Crippen LogP contribution in [0.3, 0.4) is 0 Å². The minimum Gasteiger partial charge on any atom is -0.196 e. The molecule has 0 heterocycles. The molecular weight excluding hydrogens is 461 g/mol. The van der Waals surface area contributed by atoms with Crippen LogP contribution in [0.25, 0.3) is 0 Å². The number of hydrogen-bond acceptors (Lipinski definition) is 0. The second-order valence-corrected chi connectivity index (χ2v) is 6.86. The van der Waals surface area contributed by atoms with E-state index >= 15 is 0 Å². The van der Waals surface area contributed by atoms with E-state index in [0.717, 1.165) is 0 Å². The Morgan fingerprint density at radius 2 is 0.727 bits per heavy atom. The number of rotatable bonds is 5. The van der Waals surface area contributed by atoms with Crippen LogP contribution < -0.4 is 0 Å². The number of allylic oxidation sites excluding steroid dienone is 2. The molecule has 130 valence electrons. The molecule has 0 amide bonds. The van der Waals surface area contributed by atoms with E-state index in [4.69, 9.17) is 46.4 Å². The molecule has 0 aliphatic heterocycles. The van der Waals surface area contributed by atoms with Gasteiger partial charge in [0, 0.05) is 0 Å². The van der Waals surface area contributed by atoms with Gasteiger partial charge in [-0.25, -0.2) is 0 Å². The van der Waals surface area contributed by atoms with Crippen LogP contribution in [0.5, 0.6) is 0 Å². The Kier molecular flexibility index (Phi) is 7.09. The lowest BCUT2D eigenvalue weighted by molar-refractivity contribution is -0.0363. The highest BCUT2D eigenvalue weighted by atomic mass is 35.5. The lowest BCUT2D eigenvalue weighted by Crippen LogP contribution is -2.60. The van der Waals surface area contributed by atoms with Gasteiger partial charge in [-0.2, -0.15) is 35.1 Å². The van der Waals surface area contributed by atoms with Crippen molar-refractivity contribution in [3.63, 3.8) is 0 Å². The summed E-state index contributed by atoms with van der Waals surface area (Å²) < 4.78 is 94.2. The zero-order valence-corrected chi connectivity index (χ0v) is 13.8. The van der Waals surface area contributed by atoms with E-state index in [-0.39, 0.29) is 0 Å². The van der Waals surface area contributed by atoms with Crippen LogP contribution in [-0.2, 0) is 0 Å². The minimum absolute atomic E-state index is 2.67. The average molecular weight is 461 g/mol. The van der Waals surface area contributed by atoms with Crippen molar-refractivity contribution in [2.75, 3.05) is 0 Å². The summed E-state index contributed by atoms with van der Waals surface area (Å²) >= 11 is 28.6. The smallest absolute Gasteiger partial charge is 0.196 e. The number of halogens is 14. The highest BCUT2D eigenvalue weighted by Gasteiger charge is 2.75. The molecule has 0 saturated heterocycles. The van der Waals surface area contributed by atoms with E-state index in [1.54, 1.807) is 0 Å². The zero-order chi connectivity index (χ0) is 18.3. The first-order valence-electron chi connectivity index (χ1n) is 4.40. The van der Waals surface area contributed by atoms with Crippen LogP contribution in [0.4, 0.5) is 35.1 Å². The van der Waals surface area contributed by atoms with Crippen LogP contribution in [0, 0.1) is 0 Å². The maximum Gasteiger partial charge on any atom is 0.324 e. The van der Waals surface area contributed by atoms with Gasteiger partial charge in [0.1, 0.15) is 0 Å². The lowest BCUT2D eigenvalue weighted by atomic mass is 10.0. The van der Waals surface area contributed by atoms with Gasteiger partial charge in [-0.15, -0.1) is 0 Å². The molecule has 22 heavy (non-hydrogen) atoms. The molecular formula is C8Cl6F8. The summed E-state index contributed by atoms with van der Waals surface area (Å²) in [6.45, 7) is 0. The van der Waals surface area contributed by atoms with E-state index in [2.05, 4.69) is 23.2 Å². The fraction of sp³-hybridized carbons (Fsp3) is 0.500. The molecule has 0 aliphatic rings. The van der Waals surface area contributed by atoms with Gasteiger partial charge in [0.25, 0.3) is 12.2 Å². The first-order chi connectivity index (χ1) is 9.46. The van der Waals surface area contributed by atoms with Crippen molar-refractivity contribution in [2.45, 2.75) is 20.5 Å². The molecule has 0 radical (unpaired) electrons. The Morgan fingerprint density at radius 1 is 0.545 bits per heavy atom. The molecule has 0 aliphatic carbocycles. The molecule has 0 aromatic rings. The Hall–Kier alpha value is 0.660. The third-order valence-electron chi connectivity index (χ3n) is 2.07. The van der Waals surface area contributed by atoms with E-state index in [1.165, 1.54) is 0 Å². The molecule has 0 rings (SSSR count). The summed E-state index contributed by atoms with van der Waals surface area (Å²) in [5.41, 5.74) is 0. The molecule has 0 spiro atoms. The van der Waals surface area contributed by atoms with Gasteiger partial charge in [0.05, 0.1) is 0 Å². The lowest BCUT2D eigenvalue weighted by Gasteiger charge is -2.41. The maximum atomic E-state index is 13.7. The Balaban J connectivity index is 6.32. The van der Waals surface area contributed by atoms with Crippen molar-refractivity contribution in [2.24, 2.45) is 0 Å². The molecule has 0 atom stereocenters. The molecule has 0 aromatic carbocycles. The quantitative estimate of drug-likeness (QED) is 0.298. The summed E-state index contributed by atoms with van der Waals surface area (Å²) in [5, 5.41) is -5.33. The fourth-order valence-corrected chi connectivity index (χ4v) is 2.24. The summed E-state index contributed by atoms with van der Waals surface area (Å²) in [6.07, 6.45) is -6.49. The van der Waals surface area contributed by atoms with Crippen LogP contribution in [-0.4, -0.2) is 20.5 Å². The summed E-state index contributed by atoms with van der Waals surface area (Å²) in [6, 6.07) is 0. The minimum atomic E-state index is -5.35. The van der Waals surface area contributed by atoms with Gasteiger partial charge in [0.2, 0.25) is 8.67 Å². The monoisotopic (exact) mass is 458 g/mol. The summed E-state index contributed by atoms with van der Waals surface area (Å²) in [5.74, 6) is -10.7. The molecule has 0 N–H and O–H groups in total. The van der Waals surface area contributed by atoms with Gasteiger partial charge >= 0.3 is 11.8 Å². The standard InChI is InChI=1S/C8Cl6F8/c9-1(3(15)16)5(19,20)7(11,12)8(13,14)6(21,22)2(10)4(17)18. The molecule has 14 heteroatoms. The average Bonchev–Trinajstić information content (AvgIpc) is 2.35. The first kappa shape index (κ1) is 22.7. The van der Waals surface area contributed by atoms with Crippen LogP contribution >= 0.6 is 69.6 Å². The van der Waals surface area contributed by atoms with Crippen LogP contribution in [0.2, 0.25) is 0 Å². The van der Waals surface area contributed by atoms with Crippen molar-refractivity contribution in [3.05, 3.63) is 22.2 Å². The van der Waals surface area contributed by atoms with Gasteiger partial charge < -0.3 is 0 Å². The van der Waals surface area contributed by atoms with E-state index in [1.807, 2.05) is 0 Å². The highest BCUT2D eigenvalue weighted by molar-refractivity contribution is 6.64. The van der Waals surface area contributed by atoms with Gasteiger partial charge in [-0.3, -0.25) is 0 Å². The summed E-state index contributed by atoms with van der Waals surface area (Å²) in [4.78, 5) is 0. The van der Waals surface area contributed by atoms with Crippen molar-refractivity contribution >= 4 is 69.6 Å².